The molecule has 1 aromatic rings. The van der Waals surface area contributed by atoms with Crippen LogP contribution in [-0.2, 0) is 0 Å². The van der Waals surface area contributed by atoms with Gasteiger partial charge in [0.05, 0.1) is 6.54 Å². The molecule has 0 unspecified atom stereocenters. The molecule has 3 N–H and O–H groups in total. The zero-order valence-electron chi connectivity index (χ0n) is 6.21. The summed E-state index contributed by atoms with van der Waals surface area (Å²) in [4.78, 5) is 7.53. The summed E-state index contributed by atoms with van der Waals surface area (Å²) in [7, 11) is 0. The number of halogens is 1. The van der Waals surface area contributed by atoms with Gasteiger partial charge in [-0.1, -0.05) is 17.5 Å². The molecule has 0 saturated carbocycles. The van der Waals surface area contributed by atoms with Crippen LogP contribution in [0.5, 0.6) is 0 Å². The van der Waals surface area contributed by atoms with Gasteiger partial charge in [0.15, 0.2) is 11.0 Å². The third kappa shape index (κ3) is 1.77. The molecule has 4 nitrogen and oxygen atoms in total. The molecule has 0 bridgehead atoms. The monoisotopic (exact) mass is 182 g/mol. The van der Waals surface area contributed by atoms with Crippen molar-refractivity contribution < 1.29 is 0 Å². The fourth-order valence-electron chi connectivity index (χ4n) is 0.650. The quantitative estimate of drug-likeness (QED) is 0.524. The van der Waals surface area contributed by atoms with Crippen LogP contribution in [0.15, 0.2) is 6.33 Å². The summed E-state index contributed by atoms with van der Waals surface area (Å²) in [5, 5.41) is 3.03. The largest absolute Gasteiger partial charge is 0.393 e. The lowest BCUT2D eigenvalue weighted by atomic mass is 10.5. The lowest BCUT2D eigenvalue weighted by molar-refractivity contribution is 1.15. The summed E-state index contributed by atoms with van der Waals surface area (Å²) >= 11 is 5.62. The van der Waals surface area contributed by atoms with Crippen molar-refractivity contribution in [2.75, 3.05) is 17.6 Å². The SMILES string of the molecule is C#CCNc1ncnc(Cl)c1N. The van der Waals surface area contributed by atoms with E-state index in [0.717, 1.165) is 0 Å². The molecular formula is C7H7ClN4. The van der Waals surface area contributed by atoms with Crippen molar-refractivity contribution in [3.05, 3.63) is 11.5 Å². The minimum Gasteiger partial charge on any atom is -0.393 e. The molecule has 1 rings (SSSR count). The second kappa shape index (κ2) is 3.79. The summed E-state index contributed by atoms with van der Waals surface area (Å²) in [6.07, 6.45) is 6.35. The molecule has 0 spiro atoms. The number of aromatic nitrogens is 2. The van der Waals surface area contributed by atoms with Gasteiger partial charge in [-0.3, -0.25) is 0 Å². The summed E-state index contributed by atoms with van der Waals surface area (Å²) in [6.45, 7) is 0.359. The van der Waals surface area contributed by atoms with Gasteiger partial charge in [-0.2, -0.15) is 0 Å². The topological polar surface area (TPSA) is 63.8 Å². The molecular weight excluding hydrogens is 176 g/mol. The molecule has 12 heavy (non-hydrogen) atoms. The number of anilines is 2. The molecule has 0 radical (unpaired) electrons. The first kappa shape index (κ1) is 8.62. The predicted molar refractivity (Wildman–Crippen MR) is 48.8 cm³/mol. The number of nitrogens with two attached hydrogens (primary N) is 1. The summed E-state index contributed by atoms with van der Waals surface area (Å²) < 4.78 is 0. The summed E-state index contributed by atoms with van der Waals surface area (Å²) in [6, 6.07) is 0. The molecule has 0 atom stereocenters. The van der Waals surface area contributed by atoms with Crippen LogP contribution in [0.4, 0.5) is 11.5 Å². The second-order valence-corrected chi connectivity index (χ2v) is 2.34. The van der Waals surface area contributed by atoms with Gasteiger partial charge in [0, 0.05) is 0 Å². The fourth-order valence-corrected chi connectivity index (χ4v) is 0.783. The number of terminal acetylenes is 1. The molecule has 0 aliphatic heterocycles. The van der Waals surface area contributed by atoms with E-state index in [9.17, 15) is 0 Å². The highest BCUT2D eigenvalue weighted by molar-refractivity contribution is 6.32. The number of nitrogen functional groups attached to an aromatic ring is 1. The molecule has 62 valence electrons. The number of hydrogen-bond donors (Lipinski definition) is 2. The minimum absolute atomic E-state index is 0.226. The zero-order valence-corrected chi connectivity index (χ0v) is 6.97. The van der Waals surface area contributed by atoms with Gasteiger partial charge in [-0.25, -0.2) is 9.97 Å². The highest BCUT2D eigenvalue weighted by atomic mass is 35.5. The van der Waals surface area contributed by atoms with E-state index in [1.165, 1.54) is 6.33 Å². The van der Waals surface area contributed by atoms with Crippen LogP contribution in [0, 0.1) is 12.3 Å². The molecule has 0 aliphatic carbocycles. The number of rotatable bonds is 2. The maximum absolute atomic E-state index is 5.62. The number of nitrogens with zero attached hydrogens (tertiary/aromatic N) is 2. The smallest absolute Gasteiger partial charge is 0.157 e. The molecule has 5 heteroatoms. The molecule has 0 fully saturated rings. The van der Waals surface area contributed by atoms with Gasteiger partial charge in [0.1, 0.15) is 12.0 Å². The average molecular weight is 183 g/mol. The maximum atomic E-state index is 5.62. The normalized spacial score (nSPS) is 9.00. The van der Waals surface area contributed by atoms with Crippen molar-refractivity contribution in [3.8, 4) is 12.3 Å². The summed E-state index contributed by atoms with van der Waals surface area (Å²) in [5.74, 6) is 2.86. The third-order valence-corrected chi connectivity index (χ3v) is 1.49. The average Bonchev–Trinajstić information content (AvgIpc) is 2.08. The van der Waals surface area contributed by atoms with Gasteiger partial charge >= 0.3 is 0 Å². The molecule has 0 saturated heterocycles. The predicted octanol–water partition coefficient (Wildman–Crippen LogP) is 0.757. The molecule has 0 amide bonds. The fraction of sp³-hybridized carbons (Fsp3) is 0.143. The van der Waals surface area contributed by atoms with Gasteiger partial charge < -0.3 is 11.1 Å². The first-order valence-corrected chi connectivity index (χ1v) is 3.57. The number of hydrogen-bond acceptors (Lipinski definition) is 4. The molecule has 1 aromatic heterocycles. The molecule has 1 heterocycles. The van der Waals surface area contributed by atoms with Gasteiger partial charge in [0.2, 0.25) is 0 Å². The Morgan fingerprint density at radius 3 is 3.08 bits per heavy atom. The van der Waals surface area contributed by atoms with Crippen LogP contribution in [0.2, 0.25) is 5.15 Å². The van der Waals surface area contributed by atoms with Crippen molar-refractivity contribution in [3.63, 3.8) is 0 Å². The Morgan fingerprint density at radius 2 is 2.42 bits per heavy atom. The van der Waals surface area contributed by atoms with Crippen molar-refractivity contribution in [1.29, 1.82) is 0 Å². The van der Waals surface area contributed by atoms with E-state index >= 15 is 0 Å². The zero-order chi connectivity index (χ0) is 8.97. The van der Waals surface area contributed by atoms with Gasteiger partial charge in [0.25, 0.3) is 0 Å². The van der Waals surface area contributed by atoms with E-state index in [1.54, 1.807) is 0 Å². The van der Waals surface area contributed by atoms with Gasteiger partial charge in [-0.05, 0) is 0 Å². The van der Waals surface area contributed by atoms with Gasteiger partial charge in [-0.15, -0.1) is 6.42 Å². The van der Waals surface area contributed by atoms with E-state index in [2.05, 4.69) is 21.2 Å². The van der Waals surface area contributed by atoms with Crippen molar-refractivity contribution in [1.82, 2.24) is 9.97 Å². The van der Waals surface area contributed by atoms with Crippen LogP contribution in [0.25, 0.3) is 0 Å². The molecule has 0 aliphatic rings. The summed E-state index contributed by atoms with van der Waals surface area (Å²) in [5.41, 5.74) is 5.85. The Kier molecular flexibility index (Phi) is 2.72. The first-order valence-electron chi connectivity index (χ1n) is 3.19. The third-order valence-electron chi connectivity index (χ3n) is 1.19. The van der Waals surface area contributed by atoms with E-state index in [1.807, 2.05) is 0 Å². The Morgan fingerprint density at radius 1 is 1.67 bits per heavy atom. The van der Waals surface area contributed by atoms with E-state index in [-0.39, 0.29) is 5.15 Å². The Bertz CT molecular complexity index is 318. The second-order valence-electron chi connectivity index (χ2n) is 1.98. The highest BCUT2D eigenvalue weighted by Crippen LogP contribution is 2.21. The Labute approximate surface area is 75.2 Å². The Hall–Kier alpha value is -1.47. The van der Waals surface area contributed by atoms with E-state index < -0.39 is 0 Å². The van der Waals surface area contributed by atoms with Crippen LogP contribution < -0.4 is 11.1 Å². The van der Waals surface area contributed by atoms with Crippen LogP contribution >= 0.6 is 11.6 Å². The van der Waals surface area contributed by atoms with Crippen LogP contribution in [0.1, 0.15) is 0 Å². The van der Waals surface area contributed by atoms with E-state index in [0.29, 0.717) is 18.1 Å². The van der Waals surface area contributed by atoms with Crippen molar-refractivity contribution in [2.45, 2.75) is 0 Å². The molecule has 0 aromatic carbocycles. The lowest BCUT2D eigenvalue weighted by Gasteiger charge is -2.04. The van der Waals surface area contributed by atoms with E-state index in [4.69, 9.17) is 23.8 Å². The van der Waals surface area contributed by atoms with Crippen LogP contribution in [-0.4, -0.2) is 16.5 Å². The highest BCUT2D eigenvalue weighted by Gasteiger charge is 2.03. The lowest BCUT2D eigenvalue weighted by Crippen LogP contribution is -2.05. The van der Waals surface area contributed by atoms with Crippen molar-refractivity contribution in [2.24, 2.45) is 0 Å². The van der Waals surface area contributed by atoms with Crippen LogP contribution in [0.3, 0.4) is 0 Å². The first-order chi connectivity index (χ1) is 5.75. The number of nitrogens with one attached hydrogen (secondary N) is 1. The Balaban J connectivity index is 2.86. The van der Waals surface area contributed by atoms with Crippen molar-refractivity contribution >= 4 is 23.1 Å². The maximum Gasteiger partial charge on any atom is 0.157 e. The standard InChI is InChI=1S/C7H7ClN4/c1-2-3-10-7-5(9)6(8)11-4-12-7/h1,4H,3,9H2,(H,10,11,12). The minimum atomic E-state index is 0.226.